The Bertz CT molecular complexity index is 1090. The number of hydrogen-bond donors (Lipinski definition) is 1. The van der Waals surface area contributed by atoms with Gasteiger partial charge in [0.05, 0.1) is 17.7 Å². The van der Waals surface area contributed by atoms with Gasteiger partial charge in [0, 0.05) is 64.5 Å². The third-order valence-electron chi connectivity index (χ3n) is 6.61. The zero-order valence-corrected chi connectivity index (χ0v) is 17.9. The first-order valence-electron chi connectivity index (χ1n) is 10.8. The fourth-order valence-corrected chi connectivity index (χ4v) is 4.73. The molecule has 5 rings (SSSR count). The van der Waals surface area contributed by atoms with Crippen molar-refractivity contribution in [3.63, 3.8) is 0 Å². The molecule has 10 heteroatoms. The van der Waals surface area contributed by atoms with E-state index in [0.717, 1.165) is 25.3 Å². The molecule has 168 valence electrons. The number of imide groups is 1. The van der Waals surface area contributed by atoms with Crippen molar-refractivity contribution in [2.45, 2.75) is 32.0 Å². The van der Waals surface area contributed by atoms with Crippen molar-refractivity contribution in [3.8, 4) is 0 Å². The van der Waals surface area contributed by atoms with E-state index in [4.69, 9.17) is 0 Å². The molecule has 32 heavy (non-hydrogen) atoms. The van der Waals surface area contributed by atoms with Crippen molar-refractivity contribution in [1.29, 1.82) is 0 Å². The van der Waals surface area contributed by atoms with Gasteiger partial charge in [-0.25, -0.2) is 9.37 Å². The van der Waals surface area contributed by atoms with E-state index in [1.807, 2.05) is 22.7 Å². The summed E-state index contributed by atoms with van der Waals surface area (Å²) in [6, 6.07) is 2.33. The van der Waals surface area contributed by atoms with Gasteiger partial charge in [-0.15, -0.1) is 0 Å². The molecule has 2 saturated heterocycles. The number of piperazine rings is 1. The second-order valence-electron chi connectivity index (χ2n) is 8.62. The van der Waals surface area contributed by atoms with Gasteiger partial charge in [0.2, 0.25) is 11.8 Å². The molecule has 1 unspecified atom stereocenters. The minimum absolute atomic E-state index is 0.194. The van der Waals surface area contributed by atoms with Gasteiger partial charge in [-0.3, -0.25) is 24.6 Å². The van der Waals surface area contributed by atoms with E-state index in [9.17, 15) is 18.8 Å². The average molecular weight is 440 g/mol. The molecule has 0 saturated carbocycles. The van der Waals surface area contributed by atoms with Gasteiger partial charge >= 0.3 is 0 Å². The Labute approximate surface area is 184 Å². The van der Waals surface area contributed by atoms with E-state index in [1.54, 1.807) is 12.4 Å². The molecule has 2 fully saturated rings. The van der Waals surface area contributed by atoms with Gasteiger partial charge in [-0.1, -0.05) is 0 Å². The lowest BCUT2D eigenvalue weighted by Crippen LogP contribution is -2.52. The summed E-state index contributed by atoms with van der Waals surface area (Å²) in [6.45, 7) is 3.99. The van der Waals surface area contributed by atoms with Gasteiger partial charge in [-0.05, 0) is 24.1 Å². The molecule has 1 N–H and O–H groups in total. The summed E-state index contributed by atoms with van der Waals surface area (Å²) in [5, 5.41) is 2.29. The van der Waals surface area contributed by atoms with Crippen LogP contribution in [0.15, 0.2) is 24.7 Å². The minimum atomic E-state index is -0.699. The number of carbonyl (C=O) groups excluding carboxylic acids is 3. The summed E-state index contributed by atoms with van der Waals surface area (Å²) in [4.78, 5) is 46.4. The highest BCUT2D eigenvalue weighted by Gasteiger charge is 2.39. The van der Waals surface area contributed by atoms with E-state index >= 15 is 0 Å². The lowest BCUT2D eigenvalue weighted by molar-refractivity contribution is -0.136. The number of nitrogens with one attached hydrogen (secondary N) is 1. The Hall–Kier alpha value is -3.27. The predicted octanol–water partition coefficient (Wildman–Crippen LogP) is 0.642. The summed E-state index contributed by atoms with van der Waals surface area (Å²) in [5.41, 5.74) is 2.63. The number of imidazole rings is 1. The van der Waals surface area contributed by atoms with E-state index < -0.39 is 17.8 Å². The topological polar surface area (TPSA) is 90.8 Å². The zero-order valence-electron chi connectivity index (χ0n) is 17.9. The van der Waals surface area contributed by atoms with E-state index in [-0.39, 0.29) is 24.8 Å². The van der Waals surface area contributed by atoms with Crippen molar-refractivity contribution >= 4 is 23.4 Å². The molecule has 1 aromatic heterocycles. The number of anilines is 1. The summed E-state index contributed by atoms with van der Waals surface area (Å²) in [6.07, 6.45) is 4.13. The Morgan fingerprint density at radius 3 is 2.62 bits per heavy atom. The first kappa shape index (κ1) is 20.6. The monoisotopic (exact) mass is 440 g/mol. The molecule has 2 aromatic rings. The number of amides is 3. The molecule has 3 amide bonds. The molecule has 0 radical (unpaired) electrons. The van der Waals surface area contributed by atoms with Gasteiger partial charge < -0.3 is 14.4 Å². The fraction of sp³-hybridized carbons (Fsp3) is 0.455. The Kier molecular flexibility index (Phi) is 5.16. The minimum Gasteiger partial charge on any atom is -0.367 e. The Morgan fingerprint density at radius 2 is 1.94 bits per heavy atom. The lowest BCUT2D eigenvalue weighted by atomic mass is 10.0. The first-order valence-corrected chi connectivity index (χ1v) is 10.8. The number of rotatable bonds is 4. The molecule has 3 aliphatic heterocycles. The molecular weight excluding hydrogens is 415 g/mol. The van der Waals surface area contributed by atoms with Crippen molar-refractivity contribution in [2.75, 3.05) is 31.1 Å². The quantitative estimate of drug-likeness (QED) is 0.702. The zero-order chi connectivity index (χ0) is 22.4. The van der Waals surface area contributed by atoms with Crippen LogP contribution in [-0.4, -0.2) is 69.3 Å². The Morgan fingerprint density at radius 1 is 1.16 bits per heavy atom. The number of carbonyl (C=O) groups is 3. The van der Waals surface area contributed by atoms with Crippen LogP contribution in [-0.2, 0) is 29.7 Å². The van der Waals surface area contributed by atoms with Crippen LogP contribution in [0.1, 0.15) is 34.5 Å². The summed E-state index contributed by atoms with van der Waals surface area (Å²) >= 11 is 0. The standard InChI is InChI=1S/C22H25FN6O3/c1-26-13-24-10-15(26)12-27-4-6-28(7-5-27)19-8-14-11-29(22(32)16(14)9-17(19)23)18-2-3-20(30)25-21(18)31/h8-10,13,18H,2-7,11-12H2,1H3,(H,25,30,31). The van der Waals surface area contributed by atoms with Crippen molar-refractivity contribution in [1.82, 2.24) is 24.7 Å². The normalized spacial score (nSPS) is 21.8. The maximum Gasteiger partial charge on any atom is 0.255 e. The number of halogens is 1. The van der Waals surface area contributed by atoms with E-state index in [2.05, 4.69) is 15.2 Å². The maximum absolute atomic E-state index is 15.0. The van der Waals surface area contributed by atoms with Crippen molar-refractivity contribution in [2.24, 2.45) is 7.05 Å². The summed E-state index contributed by atoms with van der Waals surface area (Å²) in [5.74, 6) is -1.58. The van der Waals surface area contributed by atoms with Crippen LogP contribution in [0.3, 0.4) is 0 Å². The molecule has 9 nitrogen and oxygen atoms in total. The molecular formula is C22H25FN6O3. The SMILES string of the molecule is Cn1cncc1CN1CCN(c2cc3c(cc2F)C(=O)N(C2CCC(=O)NC2=O)C3)CC1. The third kappa shape index (κ3) is 3.64. The van der Waals surface area contributed by atoms with E-state index in [0.29, 0.717) is 36.3 Å². The van der Waals surface area contributed by atoms with Crippen molar-refractivity contribution in [3.05, 3.63) is 47.3 Å². The first-order chi connectivity index (χ1) is 15.4. The largest absolute Gasteiger partial charge is 0.367 e. The van der Waals surface area contributed by atoms with Gasteiger partial charge in [0.1, 0.15) is 11.9 Å². The maximum atomic E-state index is 15.0. The van der Waals surface area contributed by atoms with Crippen LogP contribution < -0.4 is 10.2 Å². The summed E-state index contributed by atoms with van der Waals surface area (Å²) < 4.78 is 17.0. The second-order valence-corrected chi connectivity index (χ2v) is 8.62. The molecule has 0 aliphatic carbocycles. The number of aromatic nitrogens is 2. The number of aryl methyl sites for hydroxylation is 1. The fourth-order valence-electron chi connectivity index (χ4n) is 4.73. The average Bonchev–Trinajstić information content (AvgIpc) is 3.31. The van der Waals surface area contributed by atoms with Crippen LogP contribution >= 0.6 is 0 Å². The number of nitrogens with zero attached hydrogens (tertiary/aromatic N) is 5. The third-order valence-corrected chi connectivity index (χ3v) is 6.61. The molecule has 4 heterocycles. The van der Waals surface area contributed by atoms with Gasteiger partial charge in [0.25, 0.3) is 5.91 Å². The number of piperidine rings is 1. The van der Waals surface area contributed by atoms with Crippen LogP contribution in [0.5, 0.6) is 0 Å². The van der Waals surface area contributed by atoms with Gasteiger partial charge in [0.15, 0.2) is 0 Å². The molecule has 3 aliphatic rings. The lowest BCUT2D eigenvalue weighted by Gasteiger charge is -2.36. The molecule has 1 atom stereocenters. The van der Waals surface area contributed by atoms with Crippen LogP contribution in [0.25, 0.3) is 0 Å². The highest BCUT2D eigenvalue weighted by Crippen LogP contribution is 2.33. The highest BCUT2D eigenvalue weighted by atomic mass is 19.1. The van der Waals surface area contributed by atoms with Crippen LogP contribution in [0.4, 0.5) is 10.1 Å². The van der Waals surface area contributed by atoms with Gasteiger partial charge in [-0.2, -0.15) is 0 Å². The second kappa shape index (κ2) is 8.01. The smallest absolute Gasteiger partial charge is 0.255 e. The number of hydrogen-bond acceptors (Lipinski definition) is 6. The molecule has 0 spiro atoms. The number of benzene rings is 1. The van der Waals surface area contributed by atoms with E-state index in [1.165, 1.54) is 11.0 Å². The van der Waals surface area contributed by atoms with Crippen LogP contribution in [0.2, 0.25) is 0 Å². The van der Waals surface area contributed by atoms with Crippen LogP contribution in [0, 0.1) is 5.82 Å². The molecule has 0 bridgehead atoms. The predicted molar refractivity (Wildman–Crippen MR) is 113 cm³/mol. The number of fused-ring (bicyclic) bond motifs is 1. The highest BCUT2D eigenvalue weighted by molar-refractivity contribution is 6.05. The Balaban J connectivity index is 1.28. The summed E-state index contributed by atoms with van der Waals surface area (Å²) in [7, 11) is 1.97. The molecule has 1 aromatic carbocycles. The van der Waals surface area contributed by atoms with Crippen molar-refractivity contribution < 1.29 is 18.8 Å².